The Labute approximate surface area is 216 Å². The predicted octanol–water partition coefficient (Wildman–Crippen LogP) is 4.05. The average Bonchev–Trinajstić information content (AvgIpc) is 3.48. The van der Waals surface area contributed by atoms with Crippen LogP contribution in [-0.2, 0) is 16.1 Å². The van der Waals surface area contributed by atoms with Crippen LogP contribution in [0.5, 0.6) is 0 Å². The summed E-state index contributed by atoms with van der Waals surface area (Å²) in [6.07, 6.45) is 5.89. The predicted molar refractivity (Wildman–Crippen MR) is 139 cm³/mol. The summed E-state index contributed by atoms with van der Waals surface area (Å²) in [5.74, 6) is -1.47. The fourth-order valence-corrected chi connectivity index (χ4v) is 3.82. The van der Waals surface area contributed by atoms with Gasteiger partial charge in [-0.05, 0) is 38.0 Å². The fourth-order valence-electron chi connectivity index (χ4n) is 3.70. The number of nitrogens with zero attached hydrogens (tertiary/aromatic N) is 3. The Hall–Kier alpha value is -3.46. The van der Waals surface area contributed by atoms with Gasteiger partial charge in [0.05, 0.1) is 17.9 Å². The summed E-state index contributed by atoms with van der Waals surface area (Å²) in [6.45, 7) is 4.89. The molecule has 2 aromatic carbocycles. The first-order valence-electron chi connectivity index (χ1n) is 11.7. The number of benzene rings is 2. The number of carbonyl (C=O) groups is 2. The zero-order valence-corrected chi connectivity index (χ0v) is 21.2. The molecule has 3 aromatic rings. The molecule has 0 saturated carbocycles. The first-order valence-corrected chi connectivity index (χ1v) is 12.0. The van der Waals surface area contributed by atoms with E-state index >= 15 is 0 Å². The van der Waals surface area contributed by atoms with Crippen LogP contribution in [0.1, 0.15) is 37.4 Å². The van der Waals surface area contributed by atoms with Crippen molar-refractivity contribution in [3.63, 3.8) is 0 Å². The Kier molecular flexibility index (Phi) is 11.9. The average molecular weight is 514 g/mol. The monoisotopic (exact) mass is 513 g/mol. The van der Waals surface area contributed by atoms with Crippen LogP contribution in [0.15, 0.2) is 78.9 Å². The van der Waals surface area contributed by atoms with E-state index in [1.165, 1.54) is 4.90 Å². The maximum atomic E-state index is 12.9. The van der Waals surface area contributed by atoms with Crippen LogP contribution in [0, 0.1) is 0 Å². The number of ketones is 1. The van der Waals surface area contributed by atoms with Crippen molar-refractivity contribution >= 4 is 29.1 Å². The van der Waals surface area contributed by atoms with Gasteiger partial charge in [0.1, 0.15) is 5.76 Å². The second-order valence-corrected chi connectivity index (χ2v) is 8.13. The Morgan fingerprint density at radius 2 is 1.58 bits per heavy atom. The lowest BCUT2D eigenvalue weighted by atomic mass is 9.95. The van der Waals surface area contributed by atoms with Crippen LogP contribution in [0.2, 0.25) is 5.02 Å². The number of carbonyl (C=O) groups excluding carboxylic acids is 2. The van der Waals surface area contributed by atoms with Gasteiger partial charge in [0, 0.05) is 49.3 Å². The van der Waals surface area contributed by atoms with Gasteiger partial charge < -0.3 is 24.8 Å². The van der Waals surface area contributed by atoms with Crippen molar-refractivity contribution in [2.75, 3.05) is 19.8 Å². The summed E-state index contributed by atoms with van der Waals surface area (Å²) >= 11 is 6.03. The molecule has 1 atom stereocenters. The number of halogens is 1. The van der Waals surface area contributed by atoms with Gasteiger partial charge in [0.15, 0.2) is 0 Å². The molecule has 36 heavy (non-hydrogen) atoms. The maximum absolute atomic E-state index is 12.9. The summed E-state index contributed by atoms with van der Waals surface area (Å²) in [5, 5.41) is 26.6. The molecule has 9 heteroatoms. The van der Waals surface area contributed by atoms with Crippen molar-refractivity contribution < 1.29 is 24.9 Å². The number of likely N-dealkylation sites (tertiary alicyclic amines) is 1. The Balaban J connectivity index is 0.000000693. The highest BCUT2D eigenvalue weighted by molar-refractivity contribution is 6.46. The Morgan fingerprint density at radius 1 is 0.972 bits per heavy atom. The molecule has 1 aliphatic heterocycles. The molecule has 4 rings (SSSR count). The first kappa shape index (κ1) is 28.8. The number of amides is 1. The second kappa shape index (κ2) is 14.8. The normalized spacial score (nSPS) is 16.1. The van der Waals surface area contributed by atoms with E-state index in [2.05, 4.69) is 4.98 Å². The van der Waals surface area contributed by atoms with Gasteiger partial charge >= 0.3 is 0 Å². The third-order valence-electron chi connectivity index (χ3n) is 5.15. The van der Waals surface area contributed by atoms with E-state index < -0.39 is 17.7 Å². The topological polar surface area (TPSA) is 116 Å². The molecule has 1 aliphatic rings. The summed E-state index contributed by atoms with van der Waals surface area (Å²) in [5.41, 5.74) is 1.31. The Bertz CT molecular complexity index is 1110. The van der Waals surface area contributed by atoms with Crippen LogP contribution in [0.25, 0.3) is 5.76 Å². The molecule has 8 nitrogen and oxygen atoms in total. The lowest BCUT2D eigenvalue weighted by Crippen LogP contribution is -2.31. The van der Waals surface area contributed by atoms with E-state index in [9.17, 15) is 14.7 Å². The van der Waals surface area contributed by atoms with Gasteiger partial charge in [0.25, 0.3) is 11.7 Å². The lowest BCUT2D eigenvalue weighted by molar-refractivity contribution is -0.139. The maximum Gasteiger partial charge on any atom is 0.295 e. The van der Waals surface area contributed by atoms with Gasteiger partial charge in [-0.2, -0.15) is 0 Å². The highest BCUT2D eigenvalue weighted by Gasteiger charge is 2.45. The molecule has 0 bridgehead atoms. The number of hydrogen-bond donors (Lipinski definition) is 3. The lowest BCUT2D eigenvalue weighted by Gasteiger charge is -2.25. The van der Waals surface area contributed by atoms with Crippen molar-refractivity contribution in [2.45, 2.75) is 32.9 Å². The number of imidazole rings is 1. The van der Waals surface area contributed by atoms with Crippen LogP contribution in [0.4, 0.5) is 0 Å². The largest absolute Gasteiger partial charge is 0.507 e. The van der Waals surface area contributed by atoms with Crippen molar-refractivity contribution in [1.82, 2.24) is 14.5 Å². The molecule has 1 amide bonds. The molecule has 0 radical (unpaired) electrons. The summed E-state index contributed by atoms with van der Waals surface area (Å²) in [7, 11) is 0. The van der Waals surface area contributed by atoms with Gasteiger partial charge in [0.2, 0.25) is 0 Å². The van der Waals surface area contributed by atoms with E-state index in [1.54, 1.807) is 74.9 Å². The number of aliphatic hydroxyl groups is 3. The third kappa shape index (κ3) is 7.52. The first-order chi connectivity index (χ1) is 17.4. The highest BCUT2D eigenvalue weighted by atomic mass is 35.5. The molecule has 0 spiro atoms. The van der Waals surface area contributed by atoms with Crippen LogP contribution in [0.3, 0.4) is 0 Å². The number of aryl methyl sites for hydroxylation is 1. The molecule has 1 saturated heterocycles. The molecule has 0 aliphatic carbocycles. The van der Waals surface area contributed by atoms with Crippen molar-refractivity contribution in [3.8, 4) is 0 Å². The van der Waals surface area contributed by atoms with Gasteiger partial charge in [-0.15, -0.1) is 0 Å². The zero-order valence-electron chi connectivity index (χ0n) is 20.4. The highest BCUT2D eigenvalue weighted by Crippen LogP contribution is 2.39. The summed E-state index contributed by atoms with van der Waals surface area (Å²) in [6, 6.07) is 15.1. The van der Waals surface area contributed by atoms with Gasteiger partial charge in [-0.1, -0.05) is 54.1 Å². The number of Topliss-reactive ketones (excluding diaryl/α,β-unsaturated/α-hetero) is 1. The molecule has 192 valence electrons. The number of rotatable bonds is 6. The van der Waals surface area contributed by atoms with Crippen molar-refractivity contribution in [3.05, 3.63) is 95.0 Å². The van der Waals surface area contributed by atoms with E-state index in [0.717, 1.165) is 5.56 Å². The minimum atomic E-state index is -0.682. The number of aromatic nitrogens is 2. The van der Waals surface area contributed by atoms with E-state index in [-0.39, 0.29) is 24.5 Å². The quantitative estimate of drug-likeness (QED) is 0.260. The van der Waals surface area contributed by atoms with E-state index in [4.69, 9.17) is 21.8 Å². The van der Waals surface area contributed by atoms with Crippen molar-refractivity contribution in [2.24, 2.45) is 0 Å². The van der Waals surface area contributed by atoms with Crippen LogP contribution < -0.4 is 0 Å². The molecular formula is C27H32ClN3O5. The minimum Gasteiger partial charge on any atom is -0.507 e. The summed E-state index contributed by atoms with van der Waals surface area (Å²) < 4.78 is 1.91. The SMILES string of the molecule is CCO.CCO.O=C1C(=O)N(CCCn2ccnc2)C(c2ccc(Cl)cc2)/C1=C(\O)c1ccccc1. The number of hydrogen-bond acceptors (Lipinski definition) is 6. The van der Waals surface area contributed by atoms with Gasteiger partial charge in [-0.25, -0.2) is 4.98 Å². The Morgan fingerprint density at radius 3 is 2.14 bits per heavy atom. The van der Waals surface area contributed by atoms with Crippen LogP contribution in [-0.4, -0.2) is 61.2 Å². The minimum absolute atomic E-state index is 0.0937. The van der Waals surface area contributed by atoms with Crippen LogP contribution >= 0.6 is 11.6 Å². The molecule has 1 aromatic heterocycles. The molecular weight excluding hydrogens is 482 g/mol. The van der Waals surface area contributed by atoms with E-state index in [1.807, 2.05) is 16.8 Å². The number of aliphatic hydroxyl groups excluding tert-OH is 3. The third-order valence-corrected chi connectivity index (χ3v) is 5.40. The second-order valence-electron chi connectivity index (χ2n) is 7.70. The molecule has 1 unspecified atom stereocenters. The van der Waals surface area contributed by atoms with Gasteiger partial charge in [-0.3, -0.25) is 9.59 Å². The van der Waals surface area contributed by atoms with Crippen molar-refractivity contribution in [1.29, 1.82) is 0 Å². The zero-order chi connectivity index (χ0) is 26.5. The molecule has 3 N–H and O–H groups in total. The molecule has 2 heterocycles. The standard InChI is InChI=1S/C23H20ClN3O3.2C2H6O/c24-18-9-7-16(8-10-18)20-19(21(28)17-5-2-1-3-6-17)22(29)23(30)27(20)13-4-12-26-14-11-25-15-26;2*1-2-3/h1-3,5-11,14-15,20,28H,4,12-13H2;2*3H,2H2,1H3/b21-19+;;. The van der Waals surface area contributed by atoms with E-state index in [0.29, 0.717) is 30.1 Å². The molecule has 1 fully saturated rings. The smallest absolute Gasteiger partial charge is 0.295 e. The summed E-state index contributed by atoms with van der Waals surface area (Å²) in [4.78, 5) is 31.3. The fraction of sp³-hybridized carbons (Fsp3) is 0.296.